The van der Waals surface area contributed by atoms with Gasteiger partial charge in [0.2, 0.25) is 0 Å². The van der Waals surface area contributed by atoms with Gasteiger partial charge in [0.15, 0.2) is 0 Å². The third kappa shape index (κ3) is 4.81. The van der Waals surface area contributed by atoms with Crippen LogP contribution < -0.4 is 0 Å². The summed E-state index contributed by atoms with van der Waals surface area (Å²) in [6.07, 6.45) is 19.4. The Labute approximate surface area is 145 Å². The van der Waals surface area contributed by atoms with E-state index in [0.29, 0.717) is 0 Å². The molecular formula is C19H29N5. The third-order valence-corrected chi connectivity index (χ3v) is 4.87. The molecule has 1 aliphatic carbocycles. The van der Waals surface area contributed by atoms with Crippen LogP contribution in [0.4, 0.5) is 0 Å². The van der Waals surface area contributed by atoms with Gasteiger partial charge in [-0.1, -0.05) is 12.2 Å². The molecule has 0 spiro atoms. The van der Waals surface area contributed by atoms with Crippen molar-refractivity contribution in [1.29, 1.82) is 0 Å². The average molecular weight is 327 g/mol. The maximum Gasteiger partial charge on any atom is 0.0948 e. The predicted octanol–water partition coefficient (Wildman–Crippen LogP) is 3.35. The molecular weight excluding hydrogens is 298 g/mol. The monoisotopic (exact) mass is 327 g/mol. The summed E-state index contributed by atoms with van der Waals surface area (Å²) in [5.74, 6) is 0.793. The lowest BCUT2D eigenvalue weighted by atomic mass is 9.94. The second kappa shape index (κ2) is 8.83. The summed E-state index contributed by atoms with van der Waals surface area (Å²) in [4.78, 5) is 11.1. The van der Waals surface area contributed by atoms with Crippen molar-refractivity contribution >= 4 is 0 Å². The molecule has 0 amide bonds. The minimum Gasteiger partial charge on any atom is -0.337 e. The van der Waals surface area contributed by atoms with E-state index in [9.17, 15) is 0 Å². The highest BCUT2D eigenvalue weighted by molar-refractivity contribution is 4.99. The molecule has 5 nitrogen and oxygen atoms in total. The Bertz CT molecular complexity index is 614. The first-order valence-electron chi connectivity index (χ1n) is 9.17. The summed E-state index contributed by atoms with van der Waals surface area (Å²) in [7, 11) is 0. The Hall–Kier alpha value is -1.88. The predicted molar refractivity (Wildman–Crippen MR) is 96.5 cm³/mol. The van der Waals surface area contributed by atoms with Crippen molar-refractivity contribution in [1.82, 2.24) is 24.0 Å². The first-order valence-corrected chi connectivity index (χ1v) is 9.17. The van der Waals surface area contributed by atoms with Gasteiger partial charge in [-0.15, -0.1) is 0 Å². The highest BCUT2D eigenvalue weighted by atomic mass is 15.2. The number of imidazole rings is 2. The van der Waals surface area contributed by atoms with Crippen LogP contribution in [0.2, 0.25) is 0 Å². The number of aromatic nitrogens is 4. The normalized spacial score (nSPS) is 17.7. The van der Waals surface area contributed by atoms with Gasteiger partial charge in [0.25, 0.3) is 0 Å². The molecule has 2 aromatic rings. The van der Waals surface area contributed by atoms with Crippen LogP contribution >= 0.6 is 0 Å². The van der Waals surface area contributed by atoms with E-state index in [4.69, 9.17) is 0 Å². The van der Waals surface area contributed by atoms with Crippen molar-refractivity contribution < 1.29 is 0 Å². The lowest BCUT2D eigenvalue weighted by Crippen LogP contribution is -2.32. The van der Waals surface area contributed by atoms with Crippen molar-refractivity contribution in [3.8, 4) is 0 Å². The fourth-order valence-electron chi connectivity index (χ4n) is 3.51. The van der Waals surface area contributed by atoms with Gasteiger partial charge in [0, 0.05) is 51.3 Å². The number of hydrogen-bond acceptors (Lipinski definition) is 3. The van der Waals surface area contributed by atoms with Gasteiger partial charge in [0.1, 0.15) is 0 Å². The summed E-state index contributed by atoms with van der Waals surface area (Å²) in [5.41, 5.74) is 1.33. The van der Waals surface area contributed by atoms with Gasteiger partial charge < -0.3 is 9.13 Å². The first-order chi connectivity index (χ1) is 11.8. The third-order valence-electron chi connectivity index (χ3n) is 4.87. The molecule has 1 aliphatic rings. The van der Waals surface area contributed by atoms with Crippen LogP contribution in [0.25, 0.3) is 0 Å². The molecule has 0 fully saturated rings. The molecule has 0 aromatic carbocycles. The standard InChI is InChI=1S/C19H29N5/c1-2-24-17-21-13-19(24)15-23(14-18-7-4-3-5-8-18)11-6-10-22-12-9-20-16-22/h3-4,9,12-13,16-18H,2,5-8,10-11,14-15H2,1H3. The molecule has 0 saturated carbocycles. The molecule has 3 rings (SSSR count). The van der Waals surface area contributed by atoms with Crippen LogP contribution in [0, 0.1) is 5.92 Å². The number of hydrogen-bond donors (Lipinski definition) is 0. The molecule has 24 heavy (non-hydrogen) atoms. The zero-order valence-corrected chi connectivity index (χ0v) is 14.7. The highest BCUT2D eigenvalue weighted by Gasteiger charge is 2.16. The summed E-state index contributed by atoms with van der Waals surface area (Å²) >= 11 is 0. The molecule has 2 heterocycles. The number of nitrogens with zero attached hydrogens (tertiary/aromatic N) is 5. The van der Waals surface area contributed by atoms with Crippen LogP contribution in [-0.4, -0.2) is 37.1 Å². The van der Waals surface area contributed by atoms with Crippen LogP contribution in [0.1, 0.15) is 38.3 Å². The van der Waals surface area contributed by atoms with E-state index in [-0.39, 0.29) is 0 Å². The van der Waals surface area contributed by atoms with E-state index in [1.54, 1.807) is 0 Å². The topological polar surface area (TPSA) is 38.9 Å². The molecule has 0 bridgehead atoms. The summed E-state index contributed by atoms with van der Waals surface area (Å²) in [6.45, 7) is 7.51. The van der Waals surface area contributed by atoms with Crippen molar-refractivity contribution in [3.05, 3.63) is 49.1 Å². The SMILES string of the molecule is CCn1cncc1CN(CCCn1ccnc1)CC1CC=CCC1. The second-order valence-corrected chi connectivity index (χ2v) is 6.71. The van der Waals surface area contributed by atoms with E-state index < -0.39 is 0 Å². The maximum atomic E-state index is 4.33. The van der Waals surface area contributed by atoms with Crippen molar-refractivity contribution in [2.24, 2.45) is 5.92 Å². The summed E-state index contributed by atoms with van der Waals surface area (Å²) in [5, 5.41) is 0. The molecule has 1 atom stereocenters. The Kier molecular flexibility index (Phi) is 6.24. The summed E-state index contributed by atoms with van der Waals surface area (Å²) in [6, 6.07) is 0. The Morgan fingerprint density at radius 1 is 1.25 bits per heavy atom. The largest absolute Gasteiger partial charge is 0.337 e. The van der Waals surface area contributed by atoms with E-state index in [1.807, 2.05) is 31.2 Å². The fraction of sp³-hybridized carbons (Fsp3) is 0.579. The van der Waals surface area contributed by atoms with Gasteiger partial charge in [0.05, 0.1) is 18.3 Å². The molecule has 0 aliphatic heterocycles. The lowest BCUT2D eigenvalue weighted by molar-refractivity contribution is 0.205. The summed E-state index contributed by atoms with van der Waals surface area (Å²) < 4.78 is 4.42. The quantitative estimate of drug-likeness (QED) is 0.663. The van der Waals surface area contributed by atoms with Crippen molar-refractivity contribution in [2.45, 2.75) is 52.2 Å². The minimum absolute atomic E-state index is 0.793. The Morgan fingerprint density at radius 2 is 2.21 bits per heavy atom. The number of rotatable bonds is 9. The molecule has 2 aromatic heterocycles. The lowest BCUT2D eigenvalue weighted by Gasteiger charge is -2.28. The molecule has 0 radical (unpaired) electrons. The van der Waals surface area contributed by atoms with Gasteiger partial charge in [-0.2, -0.15) is 0 Å². The van der Waals surface area contributed by atoms with Crippen LogP contribution in [0.5, 0.6) is 0 Å². The van der Waals surface area contributed by atoms with Gasteiger partial charge in [-0.3, -0.25) is 4.90 Å². The van der Waals surface area contributed by atoms with E-state index in [2.05, 4.69) is 43.1 Å². The van der Waals surface area contributed by atoms with E-state index in [0.717, 1.165) is 38.5 Å². The van der Waals surface area contributed by atoms with Gasteiger partial charge in [-0.05, 0) is 38.5 Å². The zero-order chi connectivity index (χ0) is 16.6. The van der Waals surface area contributed by atoms with Crippen LogP contribution in [0.3, 0.4) is 0 Å². The molecule has 0 N–H and O–H groups in total. The zero-order valence-electron chi connectivity index (χ0n) is 14.7. The van der Waals surface area contributed by atoms with Gasteiger partial charge >= 0.3 is 0 Å². The molecule has 1 unspecified atom stereocenters. The average Bonchev–Trinajstić information content (AvgIpc) is 3.27. The molecule has 5 heteroatoms. The van der Waals surface area contributed by atoms with Gasteiger partial charge in [-0.25, -0.2) is 9.97 Å². The number of aryl methyl sites for hydroxylation is 2. The first kappa shape index (κ1) is 17.0. The van der Waals surface area contributed by atoms with Crippen molar-refractivity contribution in [2.75, 3.05) is 13.1 Å². The molecule has 130 valence electrons. The van der Waals surface area contributed by atoms with E-state index in [1.165, 1.54) is 31.5 Å². The highest BCUT2D eigenvalue weighted by Crippen LogP contribution is 2.20. The second-order valence-electron chi connectivity index (χ2n) is 6.71. The number of allylic oxidation sites excluding steroid dienone is 2. The molecule has 0 saturated heterocycles. The van der Waals surface area contributed by atoms with Crippen LogP contribution in [0.15, 0.2) is 43.4 Å². The Morgan fingerprint density at radius 3 is 2.96 bits per heavy atom. The smallest absolute Gasteiger partial charge is 0.0948 e. The minimum atomic E-state index is 0.793. The maximum absolute atomic E-state index is 4.33. The van der Waals surface area contributed by atoms with Crippen LogP contribution in [-0.2, 0) is 19.6 Å². The van der Waals surface area contributed by atoms with E-state index >= 15 is 0 Å². The Balaban J connectivity index is 1.57. The fourth-order valence-corrected chi connectivity index (χ4v) is 3.51. The van der Waals surface area contributed by atoms with Crippen molar-refractivity contribution in [3.63, 3.8) is 0 Å².